The lowest BCUT2D eigenvalue weighted by atomic mass is 10.3. The van der Waals surface area contributed by atoms with Crippen LogP contribution in [-0.4, -0.2) is 46.4 Å². The van der Waals surface area contributed by atoms with Gasteiger partial charge in [-0.15, -0.1) is 0 Å². The lowest BCUT2D eigenvalue weighted by Gasteiger charge is -2.15. The van der Waals surface area contributed by atoms with Crippen molar-refractivity contribution in [3.05, 3.63) is 0 Å². The van der Waals surface area contributed by atoms with Gasteiger partial charge in [0.05, 0.1) is 0 Å². The number of aliphatic hydroxyl groups excluding tert-OH is 1. The van der Waals surface area contributed by atoms with Gasteiger partial charge >= 0.3 is 17.9 Å². The summed E-state index contributed by atoms with van der Waals surface area (Å²) < 4.78 is 8.95. The number of hydrogen-bond acceptors (Lipinski definition) is 6. The van der Waals surface area contributed by atoms with Gasteiger partial charge in [-0.2, -0.15) is 0 Å². The Morgan fingerprint density at radius 2 is 1.38 bits per heavy atom. The number of aliphatic hydroxyl groups is 1. The topological polar surface area (TPSA) is 110 Å². The van der Waals surface area contributed by atoms with Gasteiger partial charge in [-0.3, -0.25) is 0 Å². The molecule has 0 aromatic rings. The third-order valence-corrected chi connectivity index (χ3v) is 1.61. The number of aliphatic carboxylic acids is 1. The fraction of sp³-hybridized carbons (Fsp3) is 0.667. The lowest BCUT2D eigenvalue weighted by Crippen LogP contribution is -2.34. The quantitative estimate of drug-likeness (QED) is 0.606. The number of rotatable bonds is 5. The van der Waals surface area contributed by atoms with Gasteiger partial charge in [0.2, 0.25) is 0 Å². The van der Waals surface area contributed by atoms with Crippen LogP contribution in [0.25, 0.3) is 0 Å². The second kappa shape index (κ2) is 6.06. The highest BCUT2D eigenvalue weighted by molar-refractivity contribution is 5.83. The summed E-state index contributed by atoms with van der Waals surface area (Å²) in [6.07, 6.45) is -3.93. The van der Waals surface area contributed by atoms with Crippen molar-refractivity contribution in [1.29, 1.82) is 0 Å². The molecule has 92 valence electrons. The van der Waals surface area contributed by atoms with Crippen LogP contribution in [0.1, 0.15) is 20.8 Å². The zero-order valence-electron chi connectivity index (χ0n) is 9.17. The smallest absolute Gasteiger partial charge is 0.347 e. The van der Waals surface area contributed by atoms with Gasteiger partial charge in [0.25, 0.3) is 0 Å². The van der Waals surface area contributed by atoms with Crippen LogP contribution in [0.15, 0.2) is 0 Å². The summed E-state index contributed by atoms with van der Waals surface area (Å²) in [4.78, 5) is 32.4. The highest BCUT2D eigenvalue weighted by Crippen LogP contribution is 2.01. The van der Waals surface area contributed by atoms with Crippen molar-refractivity contribution in [3.63, 3.8) is 0 Å². The van der Waals surface area contributed by atoms with Gasteiger partial charge in [0.15, 0.2) is 12.2 Å². The molecule has 2 N–H and O–H groups in total. The molecule has 0 unspecified atom stereocenters. The van der Waals surface area contributed by atoms with E-state index in [0.717, 1.165) is 0 Å². The van der Waals surface area contributed by atoms with Crippen molar-refractivity contribution >= 4 is 17.9 Å². The molecule has 0 aliphatic heterocycles. The molecule has 0 aliphatic rings. The minimum Gasteiger partial charge on any atom is -0.479 e. The number of hydrogen-bond donors (Lipinski definition) is 2. The van der Waals surface area contributed by atoms with Gasteiger partial charge in [-0.05, 0) is 20.8 Å². The Bertz CT molecular complexity index is 284. The summed E-state index contributed by atoms with van der Waals surface area (Å²) in [5.74, 6) is -3.27. The molecule has 7 heteroatoms. The molecule has 0 fully saturated rings. The van der Waals surface area contributed by atoms with Crippen LogP contribution < -0.4 is 0 Å². The SMILES string of the molecule is C[C@H](O)C(=O)O[C@@H](C)C(=O)O[C@@H](C)C(=O)O. The maximum Gasteiger partial charge on any atom is 0.347 e. The second-order valence-corrected chi connectivity index (χ2v) is 3.17. The molecular weight excluding hydrogens is 220 g/mol. The Kier molecular flexibility index (Phi) is 5.44. The Morgan fingerprint density at radius 1 is 0.938 bits per heavy atom. The fourth-order valence-electron chi connectivity index (χ4n) is 0.641. The van der Waals surface area contributed by atoms with Crippen molar-refractivity contribution < 1.29 is 34.1 Å². The molecular formula is C9H14O7. The molecule has 0 saturated carbocycles. The van der Waals surface area contributed by atoms with Gasteiger partial charge in [0.1, 0.15) is 6.10 Å². The maximum atomic E-state index is 11.2. The van der Waals surface area contributed by atoms with E-state index in [-0.39, 0.29) is 0 Å². The van der Waals surface area contributed by atoms with Gasteiger partial charge in [0, 0.05) is 0 Å². The van der Waals surface area contributed by atoms with Crippen LogP contribution in [0.2, 0.25) is 0 Å². The van der Waals surface area contributed by atoms with E-state index in [0.29, 0.717) is 0 Å². The summed E-state index contributed by atoms with van der Waals surface area (Å²) in [6.45, 7) is 3.57. The average Bonchev–Trinajstić information content (AvgIpc) is 2.16. The van der Waals surface area contributed by atoms with Crippen molar-refractivity contribution in [1.82, 2.24) is 0 Å². The van der Waals surface area contributed by atoms with Crippen molar-refractivity contribution in [3.8, 4) is 0 Å². The van der Waals surface area contributed by atoms with E-state index < -0.39 is 36.2 Å². The maximum absolute atomic E-state index is 11.2. The second-order valence-electron chi connectivity index (χ2n) is 3.17. The van der Waals surface area contributed by atoms with Crippen molar-refractivity contribution in [2.45, 2.75) is 39.1 Å². The molecule has 0 radical (unpaired) electrons. The Hall–Kier alpha value is -1.63. The number of carboxylic acids is 1. The highest BCUT2D eigenvalue weighted by atomic mass is 16.6. The number of carboxylic acid groups (broad SMARTS) is 1. The predicted octanol–water partition coefficient (Wildman–Crippen LogP) is -0.685. The van der Waals surface area contributed by atoms with Crippen LogP contribution in [0.5, 0.6) is 0 Å². The molecule has 0 saturated heterocycles. The van der Waals surface area contributed by atoms with E-state index >= 15 is 0 Å². The summed E-state index contributed by atoms with van der Waals surface area (Å²) in [7, 11) is 0. The molecule has 0 amide bonds. The van der Waals surface area contributed by atoms with Crippen LogP contribution in [-0.2, 0) is 23.9 Å². The minimum atomic E-state index is -1.35. The standard InChI is InChI=1S/C9H14O7/c1-4(10)8(13)16-6(3)9(14)15-5(2)7(11)12/h4-6,10H,1-3H3,(H,11,12)/t4-,5-,6-/m0/s1. The Labute approximate surface area is 92.0 Å². The fourth-order valence-corrected chi connectivity index (χ4v) is 0.641. The molecule has 7 nitrogen and oxygen atoms in total. The Balaban J connectivity index is 4.19. The van der Waals surface area contributed by atoms with Crippen LogP contribution in [0.4, 0.5) is 0 Å². The third-order valence-electron chi connectivity index (χ3n) is 1.61. The van der Waals surface area contributed by atoms with Gasteiger partial charge in [-0.25, -0.2) is 14.4 Å². The molecule has 16 heavy (non-hydrogen) atoms. The molecule has 0 aromatic heterocycles. The van der Waals surface area contributed by atoms with E-state index in [1.165, 1.54) is 20.8 Å². The van der Waals surface area contributed by atoms with E-state index in [9.17, 15) is 14.4 Å². The largest absolute Gasteiger partial charge is 0.479 e. The first-order valence-electron chi connectivity index (χ1n) is 4.57. The molecule has 0 rings (SSSR count). The zero-order valence-corrected chi connectivity index (χ0v) is 9.17. The molecule has 0 aromatic carbocycles. The van der Waals surface area contributed by atoms with Crippen LogP contribution >= 0.6 is 0 Å². The number of carbonyl (C=O) groups excluding carboxylic acids is 2. The third kappa shape index (κ3) is 4.74. The first kappa shape index (κ1) is 14.4. The first-order chi connectivity index (χ1) is 7.25. The van der Waals surface area contributed by atoms with E-state index in [1.807, 2.05) is 0 Å². The van der Waals surface area contributed by atoms with E-state index in [4.69, 9.17) is 10.2 Å². The van der Waals surface area contributed by atoms with Crippen molar-refractivity contribution in [2.24, 2.45) is 0 Å². The predicted molar refractivity (Wildman–Crippen MR) is 50.4 cm³/mol. The van der Waals surface area contributed by atoms with Crippen LogP contribution in [0, 0.1) is 0 Å². The first-order valence-corrected chi connectivity index (χ1v) is 4.57. The molecule has 0 bridgehead atoms. The van der Waals surface area contributed by atoms with E-state index in [2.05, 4.69) is 9.47 Å². The average molecular weight is 234 g/mol. The summed E-state index contributed by atoms with van der Waals surface area (Å²) >= 11 is 0. The molecule has 0 heterocycles. The number of ether oxygens (including phenoxy) is 2. The molecule has 0 aliphatic carbocycles. The highest BCUT2D eigenvalue weighted by Gasteiger charge is 2.25. The van der Waals surface area contributed by atoms with Gasteiger partial charge in [-0.1, -0.05) is 0 Å². The summed E-state index contributed by atoms with van der Waals surface area (Å²) in [5.41, 5.74) is 0. The normalized spacial score (nSPS) is 15.8. The lowest BCUT2D eigenvalue weighted by molar-refractivity contribution is -0.177. The molecule has 3 atom stereocenters. The number of carbonyl (C=O) groups is 3. The van der Waals surface area contributed by atoms with Gasteiger partial charge < -0.3 is 19.7 Å². The number of esters is 2. The Morgan fingerprint density at radius 3 is 1.75 bits per heavy atom. The van der Waals surface area contributed by atoms with Crippen LogP contribution in [0.3, 0.4) is 0 Å². The monoisotopic (exact) mass is 234 g/mol. The summed E-state index contributed by atoms with van der Waals surface area (Å²) in [5, 5.41) is 17.3. The van der Waals surface area contributed by atoms with Crippen molar-refractivity contribution in [2.75, 3.05) is 0 Å². The van der Waals surface area contributed by atoms with E-state index in [1.54, 1.807) is 0 Å². The minimum absolute atomic E-state index is 0.979. The summed E-state index contributed by atoms with van der Waals surface area (Å²) in [6, 6.07) is 0. The molecule has 0 spiro atoms. The zero-order chi connectivity index (χ0) is 12.9.